The van der Waals surface area contributed by atoms with Crippen LogP contribution in [0.1, 0.15) is 11.4 Å². The fourth-order valence-corrected chi connectivity index (χ4v) is 1.55. The van der Waals surface area contributed by atoms with Crippen molar-refractivity contribution in [3.05, 3.63) is 35.7 Å². The molecule has 3 N–H and O–H groups in total. The van der Waals surface area contributed by atoms with Crippen molar-refractivity contribution in [2.45, 2.75) is 6.42 Å². The molecule has 0 saturated carbocycles. The number of nitrogens with two attached hydrogens (primary N) is 1. The monoisotopic (exact) mass is 217 g/mol. The van der Waals surface area contributed by atoms with E-state index < -0.39 is 0 Å². The van der Waals surface area contributed by atoms with Crippen LogP contribution in [0.15, 0.2) is 24.3 Å². The average molecular weight is 217 g/mol. The van der Waals surface area contributed by atoms with Crippen molar-refractivity contribution >= 4 is 11.6 Å². The Bertz CT molecular complexity index is 472. The van der Waals surface area contributed by atoms with E-state index in [0.29, 0.717) is 0 Å². The van der Waals surface area contributed by atoms with Gasteiger partial charge in [0.1, 0.15) is 5.82 Å². The molecule has 2 aromatic rings. The largest absolute Gasteiger partial charge is 0.399 e. The molecule has 0 aliphatic carbocycles. The third-order valence-electron chi connectivity index (χ3n) is 2.53. The van der Waals surface area contributed by atoms with E-state index >= 15 is 0 Å². The quantitative estimate of drug-likeness (QED) is 0.753. The molecule has 0 bridgehead atoms. The van der Waals surface area contributed by atoms with Gasteiger partial charge in [-0.15, -0.1) is 10.2 Å². The molecule has 0 saturated heterocycles. The predicted molar refractivity (Wildman–Crippen MR) is 64.2 cm³/mol. The maximum atomic E-state index is 5.63. The number of anilines is 2. The van der Waals surface area contributed by atoms with Crippen LogP contribution in [-0.2, 0) is 13.5 Å². The van der Waals surface area contributed by atoms with Gasteiger partial charge in [0.25, 0.3) is 0 Å². The van der Waals surface area contributed by atoms with Gasteiger partial charge >= 0.3 is 0 Å². The molecule has 5 heteroatoms. The van der Waals surface area contributed by atoms with Crippen molar-refractivity contribution in [1.29, 1.82) is 0 Å². The van der Waals surface area contributed by atoms with Crippen LogP contribution in [0.25, 0.3) is 0 Å². The molecule has 1 aromatic heterocycles. The Morgan fingerprint density at radius 3 is 2.50 bits per heavy atom. The highest BCUT2D eigenvalue weighted by Gasteiger charge is 2.07. The van der Waals surface area contributed by atoms with Crippen molar-refractivity contribution in [1.82, 2.24) is 14.8 Å². The maximum Gasteiger partial charge on any atom is 0.224 e. The Kier molecular flexibility index (Phi) is 2.76. The number of nitrogens with zero attached hydrogens (tertiary/aromatic N) is 3. The second-order valence-corrected chi connectivity index (χ2v) is 3.67. The van der Waals surface area contributed by atoms with Crippen molar-refractivity contribution < 1.29 is 0 Å². The van der Waals surface area contributed by atoms with Gasteiger partial charge in [-0.05, 0) is 17.7 Å². The highest BCUT2D eigenvalue weighted by atomic mass is 15.3. The van der Waals surface area contributed by atoms with Crippen LogP contribution in [0.3, 0.4) is 0 Å². The molecule has 0 aliphatic heterocycles. The maximum absolute atomic E-state index is 5.63. The summed E-state index contributed by atoms with van der Waals surface area (Å²) in [5.74, 6) is 1.69. The van der Waals surface area contributed by atoms with E-state index in [0.717, 1.165) is 23.9 Å². The standard InChI is InChI=1S/C11H15N5/c1-13-11-15-14-10(16(11)2)7-8-3-5-9(12)6-4-8/h3-6H,7,12H2,1-2H3,(H,13,15). The van der Waals surface area contributed by atoms with Crippen molar-refractivity contribution in [3.63, 3.8) is 0 Å². The number of hydrogen-bond donors (Lipinski definition) is 2. The first-order valence-corrected chi connectivity index (χ1v) is 5.11. The summed E-state index contributed by atoms with van der Waals surface area (Å²) in [6.45, 7) is 0. The summed E-state index contributed by atoms with van der Waals surface area (Å²) < 4.78 is 1.94. The molecule has 0 radical (unpaired) electrons. The first kappa shape index (κ1) is 10.5. The molecule has 0 atom stereocenters. The van der Waals surface area contributed by atoms with Gasteiger partial charge in [-0.3, -0.25) is 0 Å². The first-order chi connectivity index (χ1) is 7.70. The fourth-order valence-electron chi connectivity index (χ4n) is 1.55. The molecule has 0 spiro atoms. The topological polar surface area (TPSA) is 68.8 Å². The molecule has 0 fully saturated rings. The molecule has 16 heavy (non-hydrogen) atoms. The lowest BCUT2D eigenvalue weighted by atomic mass is 10.1. The Hall–Kier alpha value is -2.04. The second-order valence-electron chi connectivity index (χ2n) is 3.67. The summed E-state index contributed by atoms with van der Waals surface area (Å²) in [6.07, 6.45) is 0.755. The molecule has 0 amide bonds. The van der Waals surface area contributed by atoms with Crippen molar-refractivity contribution in [2.75, 3.05) is 18.1 Å². The van der Waals surface area contributed by atoms with Gasteiger partial charge in [0.15, 0.2) is 0 Å². The van der Waals surface area contributed by atoms with Crippen LogP contribution in [0, 0.1) is 0 Å². The van der Waals surface area contributed by atoms with Crippen LogP contribution in [0.4, 0.5) is 11.6 Å². The highest BCUT2D eigenvalue weighted by molar-refractivity contribution is 5.40. The van der Waals surface area contributed by atoms with Gasteiger partial charge < -0.3 is 15.6 Å². The summed E-state index contributed by atoms with van der Waals surface area (Å²) in [4.78, 5) is 0. The smallest absolute Gasteiger partial charge is 0.224 e. The number of benzene rings is 1. The number of rotatable bonds is 3. The van der Waals surface area contributed by atoms with Gasteiger partial charge in [-0.2, -0.15) is 0 Å². The Morgan fingerprint density at radius 2 is 1.94 bits per heavy atom. The van der Waals surface area contributed by atoms with Crippen LogP contribution in [0.5, 0.6) is 0 Å². The van der Waals surface area contributed by atoms with Gasteiger partial charge in [-0.25, -0.2) is 0 Å². The molecular formula is C11H15N5. The molecule has 0 unspecified atom stereocenters. The normalized spacial score (nSPS) is 10.4. The van der Waals surface area contributed by atoms with Gasteiger partial charge in [0, 0.05) is 26.2 Å². The second kappa shape index (κ2) is 4.22. The van der Waals surface area contributed by atoms with E-state index in [-0.39, 0.29) is 0 Å². The summed E-state index contributed by atoms with van der Waals surface area (Å²) in [6, 6.07) is 7.79. The Labute approximate surface area is 94.3 Å². The summed E-state index contributed by atoms with van der Waals surface area (Å²) >= 11 is 0. The zero-order chi connectivity index (χ0) is 11.5. The van der Waals surface area contributed by atoms with Gasteiger partial charge in [-0.1, -0.05) is 12.1 Å². The minimum Gasteiger partial charge on any atom is -0.399 e. The number of hydrogen-bond acceptors (Lipinski definition) is 4. The predicted octanol–water partition coefficient (Wildman–Crippen LogP) is 1.03. The van der Waals surface area contributed by atoms with E-state index in [4.69, 9.17) is 5.73 Å². The van der Waals surface area contributed by atoms with Crippen molar-refractivity contribution in [3.8, 4) is 0 Å². The van der Waals surface area contributed by atoms with E-state index in [2.05, 4.69) is 15.5 Å². The fraction of sp³-hybridized carbons (Fsp3) is 0.273. The SMILES string of the molecule is CNc1nnc(Cc2ccc(N)cc2)n1C. The Morgan fingerprint density at radius 1 is 1.25 bits per heavy atom. The molecule has 1 aromatic carbocycles. The van der Waals surface area contributed by atoms with Gasteiger partial charge in [0.2, 0.25) is 5.95 Å². The highest BCUT2D eigenvalue weighted by Crippen LogP contribution is 2.12. The van der Waals surface area contributed by atoms with Crippen LogP contribution >= 0.6 is 0 Å². The minimum absolute atomic E-state index is 0.755. The Balaban J connectivity index is 2.20. The van der Waals surface area contributed by atoms with E-state index in [1.807, 2.05) is 42.9 Å². The van der Waals surface area contributed by atoms with E-state index in [9.17, 15) is 0 Å². The lowest BCUT2D eigenvalue weighted by molar-refractivity contribution is 0.825. The summed E-state index contributed by atoms with van der Waals surface area (Å²) in [5, 5.41) is 11.1. The zero-order valence-electron chi connectivity index (χ0n) is 9.44. The minimum atomic E-state index is 0.755. The summed E-state index contributed by atoms with van der Waals surface area (Å²) in [7, 11) is 3.77. The van der Waals surface area contributed by atoms with Gasteiger partial charge in [0.05, 0.1) is 0 Å². The number of nitrogens with one attached hydrogen (secondary N) is 1. The van der Waals surface area contributed by atoms with E-state index in [1.54, 1.807) is 0 Å². The van der Waals surface area contributed by atoms with Crippen LogP contribution in [0.2, 0.25) is 0 Å². The van der Waals surface area contributed by atoms with E-state index in [1.165, 1.54) is 5.56 Å². The zero-order valence-corrected chi connectivity index (χ0v) is 9.44. The van der Waals surface area contributed by atoms with Crippen LogP contribution < -0.4 is 11.1 Å². The number of aromatic nitrogens is 3. The van der Waals surface area contributed by atoms with Crippen molar-refractivity contribution in [2.24, 2.45) is 7.05 Å². The molecule has 5 nitrogen and oxygen atoms in total. The lowest BCUT2D eigenvalue weighted by Crippen LogP contribution is -2.03. The molecule has 2 rings (SSSR count). The molecular weight excluding hydrogens is 202 g/mol. The third-order valence-corrected chi connectivity index (χ3v) is 2.53. The molecule has 84 valence electrons. The third kappa shape index (κ3) is 1.98. The first-order valence-electron chi connectivity index (χ1n) is 5.11. The summed E-state index contributed by atoms with van der Waals surface area (Å²) in [5.41, 5.74) is 7.58. The lowest BCUT2D eigenvalue weighted by Gasteiger charge is -2.03. The average Bonchev–Trinajstić information content (AvgIpc) is 2.63. The molecule has 1 heterocycles. The van der Waals surface area contributed by atoms with Crippen LogP contribution in [-0.4, -0.2) is 21.8 Å². The molecule has 0 aliphatic rings. The number of nitrogen functional groups attached to an aromatic ring is 1.